The van der Waals surface area contributed by atoms with Gasteiger partial charge in [0.15, 0.2) is 5.92 Å². The van der Waals surface area contributed by atoms with E-state index in [4.69, 9.17) is 14.6 Å². The molecule has 0 aliphatic rings. The summed E-state index contributed by atoms with van der Waals surface area (Å²) in [6.45, 7) is 4.59. The minimum Gasteiger partial charge on any atom is -0.481 e. The lowest BCUT2D eigenvalue weighted by molar-refractivity contribution is -0.384. The lowest BCUT2D eigenvalue weighted by Crippen LogP contribution is -2.32. The molecule has 0 radical (unpaired) electrons. The number of aliphatic carboxylic acids is 1. The number of nitro benzene ring substituents is 1. The highest BCUT2D eigenvalue weighted by atomic mass is 16.6. The number of hydrogen-bond acceptors (Lipinski definition) is 7. The fraction of sp³-hybridized carbons (Fsp3) is 0.438. The molecule has 25 heavy (non-hydrogen) atoms. The van der Waals surface area contributed by atoms with Crippen LogP contribution in [-0.4, -0.2) is 33.5 Å². The molecule has 1 N–H and O–H groups in total. The number of hydrogen-bond donors (Lipinski definition) is 1. The predicted molar refractivity (Wildman–Crippen MR) is 84.5 cm³/mol. The molecule has 0 aromatic heterocycles. The van der Waals surface area contributed by atoms with Gasteiger partial charge < -0.3 is 14.6 Å². The van der Waals surface area contributed by atoms with Crippen molar-refractivity contribution in [2.75, 3.05) is 0 Å². The third-order valence-corrected chi connectivity index (χ3v) is 2.90. The van der Waals surface area contributed by atoms with Gasteiger partial charge in [0, 0.05) is 12.1 Å². The van der Waals surface area contributed by atoms with Crippen LogP contribution >= 0.6 is 0 Å². The van der Waals surface area contributed by atoms with Gasteiger partial charge in [-0.2, -0.15) is 0 Å². The summed E-state index contributed by atoms with van der Waals surface area (Å²) in [6, 6.07) is 5.24. The van der Waals surface area contributed by atoms with Gasteiger partial charge in [0.2, 0.25) is 0 Å². The summed E-state index contributed by atoms with van der Waals surface area (Å²) in [6.07, 6.45) is -0.647. The number of nitro groups is 1. The van der Waals surface area contributed by atoms with Gasteiger partial charge in [-0.15, -0.1) is 0 Å². The minimum atomic E-state index is -1.69. The molecule has 9 heteroatoms. The summed E-state index contributed by atoms with van der Waals surface area (Å²) in [5, 5.41) is 19.7. The van der Waals surface area contributed by atoms with E-state index in [2.05, 4.69) is 0 Å². The van der Waals surface area contributed by atoms with Crippen LogP contribution in [0.25, 0.3) is 0 Å². The van der Waals surface area contributed by atoms with Crippen LogP contribution in [0.2, 0.25) is 0 Å². The van der Waals surface area contributed by atoms with Gasteiger partial charge in [0.05, 0.1) is 11.3 Å². The van der Waals surface area contributed by atoms with Crippen molar-refractivity contribution in [3.05, 3.63) is 39.9 Å². The summed E-state index contributed by atoms with van der Waals surface area (Å²) in [4.78, 5) is 44.8. The Morgan fingerprint density at radius 2 is 1.76 bits per heavy atom. The molecule has 0 amide bonds. The molecule has 1 rings (SSSR count). The van der Waals surface area contributed by atoms with Crippen LogP contribution < -0.4 is 0 Å². The third kappa shape index (κ3) is 6.98. The van der Waals surface area contributed by atoms with Crippen molar-refractivity contribution in [3.8, 4) is 0 Å². The molecule has 0 bridgehead atoms. The minimum absolute atomic E-state index is 0.122. The largest absolute Gasteiger partial charge is 0.481 e. The first-order valence-electron chi connectivity index (χ1n) is 7.34. The Morgan fingerprint density at radius 3 is 2.20 bits per heavy atom. The molecule has 0 saturated heterocycles. The number of carbonyl (C=O) groups is 3. The number of ether oxygens (including phenoxy) is 2. The lowest BCUT2D eigenvalue weighted by atomic mass is 10.1. The molecule has 0 heterocycles. The van der Waals surface area contributed by atoms with Gasteiger partial charge in [0.25, 0.3) is 5.69 Å². The van der Waals surface area contributed by atoms with Crippen LogP contribution in [0.5, 0.6) is 0 Å². The van der Waals surface area contributed by atoms with E-state index in [1.807, 2.05) is 0 Å². The van der Waals surface area contributed by atoms with E-state index >= 15 is 0 Å². The first kappa shape index (κ1) is 20.1. The number of nitrogens with zero attached hydrogens (tertiary/aromatic N) is 1. The number of carboxylic acids is 1. The van der Waals surface area contributed by atoms with E-state index < -0.39 is 40.8 Å². The Labute approximate surface area is 143 Å². The highest BCUT2D eigenvalue weighted by Crippen LogP contribution is 2.16. The van der Waals surface area contributed by atoms with Gasteiger partial charge in [-0.05, 0) is 38.5 Å². The SMILES string of the molecule is CC(C)(C)OC(=O)CC(C(=O)O)C(=O)OCc1ccc([N+](=O)[O-])cc1. The number of non-ortho nitro benzene ring substituents is 1. The third-order valence-electron chi connectivity index (χ3n) is 2.90. The second kappa shape index (κ2) is 8.22. The van der Waals surface area contributed by atoms with Crippen molar-refractivity contribution in [2.24, 2.45) is 5.92 Å². The quantitative estimate of drug-likeness (QED) is 0.341. The van der Waals surface area contributed by atoms with Crippen LogP contribution in [0.15, 0.2) is 24.3 Å². The van der Waals surface area contributed by atoms with Crippen molar-refractivity contribution < 1.29 is 33.9 Å². The zero-order chi connectivity index (χ0) is 19.2. The Bertz CT molecular complexity index is 660. The number of benzene rings is 1. The van der Waals surface area contributed by atoms with Crippen LogP contribution in [-0.2, 0) is 30.5 Å². The molecule has 136 valence electrons. The van der Waals surface area contributed by atoms with Gasteiger partial charge in [0.1, 0.15) is 12.2 Å². The maximum atomic E-state index is 11.9. The van der Waals surface area contributed by atoms with E-state index in [1.54, 1.807) is 20.8 Å². The van der Waals surface area contributed by atoms with Gasteiger partial charge in [-0.3, -0.25) is 24.5 Å². The molecular formula is C16H19NO8. The molecular weight excluding hydrogens is 334 g/mol. The Kier molecular flexibility index (Phi) is 6.60. The smallest absolute Gasteiger partial charge is 0.321 e. The Hall–Kier alpha value is -2.97. The topological polar surface area (TPSA) is 133 Å². The monoisotopic (exact) mass is 353 g/mol. The van der Waals surface area contributed by atoms with Crippen molar-refractivity contribution in [1.82, 2.24) is 0 Å². The van der Waals surface area contributed by atoms with Crippen LogP contribution in [0.4, 0.5) is 5.69 Å². The Morgan fingerprint density at radius 1 is 1.20 bits per heavy atom. The summed E-state index contributed by atoms with van der Waals surface area (Å²) >= 11 is 0. The fourth-order valence-electron chi connectivity index (χ4n) is 1.79. The van der Waals surface area contributed by atoms with Gasteiger partial charge >= 0.3 is 17.9 Å². The lowest BCUT2D eigenvalue weighted by Gasteiger charge is -2.20. The summed E-state index contributed by atoms with van der Waals surface area (Å²) in [5.74, 6) is -5.10. The standard InChI is InChI=1S/C16H19NO8/c1-16(2,3)25-13(18)8-12(14(19)20)15(21)24-9-10-4-6-11(7-5-10)17(22)23/h4-7,12H,8-9H2,1-3H3,(H,19,20). The average molecular weight is 353 g/mol. The van der Waals surface area contributed by atoms with Crippen molar-refractivity contribution >= 4 is 23.6 Å². The first-order chi connectivity index (χ1) is 11.5. The maximum Gasteiger partial charge on any atom is 0.321 e. The molecule has 9 nitrogen and oxygen atoms in total. The zero-order valence-electron chi connectivity index (χ0n) is 14.1. The predicted octanol–water partition coefficient (Wildman–Crippen LogP) is 2.07. The second-order valence-electron chi connectivity index (χ2n) is 6.21. The molecule has 1 aromatic rings. The van der Waals surface area contributed by atoms with E-state index in [9.17, 15) is 24.5 Å². The van der Waals surface area contributed by atoms with E-state index in [0.29, 0.717) is 5.56 Å². The van der Waals surface area contributed by atoms with Crippen LogP contribution in [0.3, 0.4) is 0 Å². The molecule has 1 atom stereocenters. The fourth-order valence-corrected chi connectivity index (χ4v) is 1.79. The average Bonchev–Trinajstić information content (AvgIpc) is 2.48. The highest BCUT2D eigenvalue weighted by Gasteiger charge is 2.32. The highest BCUT2D eigenvalue weighted by molar-refractivity contribution is 5.97. The normalized spacial score (nSPS) is 12.1. The summed E-state index contributed by atoms with van der Waals surface area (Å²) in [7, 11) is 0. The zero-order valence-corrected chi connectivity index (χ0v) is 14.1. The summed E-state index contributed by atoms with van der Waals surface area (Å²) in [5.41, 5.74) is -0.480. The molecule has 0 spiro atoms. The van der Waals surface area contributed by atoms with Crippen LogP contribution in [0, 0.1) is 16.0 Å². The van der Waals surface area contributed by atoms with Gasteiger partial charge in [-0.1, -0.05) is 0 Å². The maximum absolute atomic E-state index is 11.9. The van der Waals surface area contributed by atoms with Crippen molar-refractivity contribution in [3.63, 3.8) is 0 Å². The number of carbonyl (C=O) groups excluding carboxylic acids is 2. The number of rotatable bonds is 7. The number of carboxylic acid groups (broad SMARTS) is 1. The van der Waals surface area contributed by atoms with Crippen LogP contribution in [0.1, 0.15) is 32.8 Å². The van der Waals surface area contributed by atoms with E-state index in [-0.39, 0.29) is 12.3 Å². The Balaban J connectivity index is 2.66. The molecule has 1 aromatic carbocycles. The molecule has 0 fully saturated rings. The molecule has 0 aliphatic heterocycles. The van der Waals surface area contributed by atoms with Crippen molar-refractivity contribution in [2.45, 2.75) is 39.4 Å². The van der Waals surface area contributed by atoms with Gasteiger partial charge in [-0.25, -0.2) is 0 Å². The molecule has 1 unspecified atom stereocenters. The summed E-state index contributed by atoms with van der Waals surface area (Å²) < 4.78 is 9.88. The van der Waals surface area contributed by atoms with E-state index in [0.717, 1.165) is 0 Å². The second-order valence-corrected chi connectivity index (χ2v) is 6.21. The number of esters is 2. The van der Waals surface area contributed by atoms with E-state index in [1.165, 1.54) is 24.3 Å². The molecule has 0 saturated carbocycles. The first-order valence-corrected chi connectivity index (χ1v) is 7.34. The van der Waals surface area contributed by atoms with Crippen molar-refractivity contribution in [1.29, 1.82) is 0 Å². The molecule has 0 aliphatic carbocycles.